The van der Waals surface area contributed by atoms with Crippen LogP contribution in [-0.2, 0) is 0 Å². The van der Waals surface area contributed by atoms with E-state index in [1.807, 2.05) is 12.1 Å². The van der Waals surface area contributed by atoms with Gasteiger partial charge in [-0.05, 0) is 12.1 Å². The van der Waals surface area contributed by atoms with Crippen LogP contribution in [0.4, 0.5) is 10.5 Å². The highest BCUT2D eigenvalue weighted by Gasteiger charge is 2.24. The van der Waals surface area contributed by atoms with Crippen molar-refractivity contribution in [2.24, 2.45) is 11.5 Å². The van der Waals surface area contributed by atoms with E-state index in [9.17, 15) is 9.59 Å². The summed E-state index contributed by atoms with van der Waals surface area (Å²) in [4.78, 5) is 22.6. The molecule has 0 bridgehead atoms. The first kappa shape index (κ1) is 13.3. The number of benzene rings is 1. The number of furan rings is 1. The number of urea groups is 1. The third-order valence-corrected chi connectivity index (χ3v) is 4.14. The van der Waals surface area contributed by atoms with E-state index >= 15 is 0 Å². The van der Waals surface area contributed by atoms with Crippen LogP contribution in [0.3, 0.4) is 0 Å². The zero-order valence-electron chi connectivity index (χ0n) is 10.9. The molecule has 2 heterocycles. The molecule has 7 nitrogen and oxygen atoms in total. The summed E-state index contributed by atoms with van der Waals surface area (Å²) in [5.41, 5.74) is 11.0. The van der Waals surface area contributed by atoms with Crippen LogP contribution in [0, 0.1) is 0 Å². The van der Waals surface area contributed by atoms with E-state index in [1.54, 1.807) is 13.2 Å². The van der Waals surface area contributed by atoms with Gasteiger partial charge in [0.2, 0.25) is 5.76 Å². The van der Waals surface area contributed by atoms with Crippen LogP contribution in [0.15, 0.2) is 22.6 Å². The summed E-state index contributed by atoms with van der Waals surface area (Å²) in [6.45, 7) is 0. The number of primary amides is 2. The van der Waals surface area contributed by atoms with E-state index in [1.165, 1.54) is 11.3 Å². The fourth-order valence-electron chi connectivity index (χ4n) is 2.19. The molecule has 0 saturated carbocycles. The van der Waals surface area contributed by atoms with Gasteiger partial charge in [-0.1, -0.05) is 6.07 Å². The second kappa shape index (κ2) is 4.67. The van der Waals surface area contributed by atoms with Crippen LogP contribution in [0.25, 0.3) is 20.4 Å². The van der Waals surface area contributed by atoms with E-state index in [0.717, 1.165) is 10.1 Å². The largest absolute Gasteiger partial charge is 0.496 e. The number of fused-ring (bicyclic) bond motifs is 3. The maximum atomic E-state index is 11.5. The fourth-order valence-corrected chi connectivity index (χ4v) is 3.33. The molecule has 2 aromatic heterocycles. The highest BCUT2D eigenvalue weighted by atomic mass is 32.1. The Morgan fingerprint density at radius 2 is 2.10 bits per heavy atom. The number of nitrogens with two attached hydrogens (primary N) is 2. The van der Waals surface area contributed by atoms with E-state index in [-0.39, 0.29) is 11.4 Å². The zero-order valence-corrected chi connectivity index (χ0v) is 11.7. The maximum Gasteiger partial charge on any atom is 0.316 e. The van der Waals surface area contributed by atoms with Gasteiger partial charge >= 0.3 is 6.03 Å². The van der Waals surface area contributed by atoms with E-state index in [4.69, 9.17) is 20.6 Å². The van der Waals surface area contributed by atoms with Crippen LogP contribution in [0.1, 0.15) is 10.6 Å². The standard InChI is InChI=1S/C13H11N3O4S/c1-19-5-3-2-4-6-7(5)9-11(21-6)8(16-13(15)18)10(20-9)12(14)17/h2-4H,1H3,(H2,14,17)(H3,15,16,18). The normalized spacial score (nSPS) is 10.9. The monoisotopic (exact) mass is 305 g/mol. The number of ether oxygens (including phenoxy) is 1. The third-order valence-electron chi connectivity index (χ3n) is 2.98. The van der Waals surface area contributed by atoms with Crippen LogP contribution < -0.4 is 21.5 Å². The van der Waals surface area contributed by atoms with Gasteiger partial charge in [0, 0.05) is 4.70 Å². The minimum Gasteiger partial charge on any atom is -0.496 e. The summed E-state index contributed by atoms with van der Waals surface area (Å²) in [6.07, 6.45) is 0. The number of thiophene rings is 1. The number of amides is 3. The van der Waals surface area contributed by atoms with Crippen molar-refractivity contribution in [2.75, 3.05) is 12.4 Å². The highest BCUT2D eigenvalue weighted by molar-refractivity contribution is 7.26. The summed E-state index contributed by atoms with van der Waals surface area (Å²) in [6, 6.07) is 4.70. The van der Waals surface area contributed by atoms with Crippen molar-refractivity contribution >= 4 is 49.3 Å². The van der Waals surface area contributed by atoms with Crippen molar-refractivity contribution in [1.29, 1.82) is 0 Å². The van der Waals surface area contributed by atoms with Crippen molar-refractivity contribution in [3.63, 3.8) is 0 Å². The van der Waals surface area contributed by atoms with Gasteiger partial charge in [0.25, 0.3) is 5.91 Å². The lowest BCUT2D eigenvalue weighted by molar-refractivity contribution is 0.0977. The Labute approximate surface area is 122 Å². The Kier molecular flexibility index (Phi) is 2.95. The molecule has 0 aliphatic rings. The van der Waals surface area contributed by atoms with Crippen molar-refractivity contribution in [1.82, 2.24) is 0 Å². The van der Waals surface area contributed by atoms with Crippen molar-refractivity contribution in [3.8, 4) is 5.75 Å². The fraction of sp³-hybridized carbons (Fsp3) is 0.0769. The van der Waals surface area contributed by atoms with Crippen molar-refractivity contribution in [3.05, 3.63) is 24.0 Å². The van der Waals surface area contributed by atoms with Gasteiger partial charge in [0.15, 0.2) is 5.58 Å². The zero-order chi connectivity index (χ0) is 15.1. The summed E-state index contributed by atoms with van der Waals surface area (Å²) >= 11 is 1.35. The van der Waals surface area contributed by atoms with Crippen molar-refractivity contribution in [2.45, 2.75) is 0 Å². The smallest absolute Gasteiger partial charge is 0.316 e. The Hall–Kier alpha value is -2.74. The van der Waals surface area contributed by atoms with Crippen LogP contribution >= 0.6 is 11.3 Å². The summed E-state index contributed by atoms with van der Waals surface area (Å²) in [5.74, 6) is -0.317. The van der Waals surface area contributed by atoms with Crippen LogP contribution in [0.5, 0.6) is 5.75 Å². The average molecular weight is 305 g/mol. The van der Waals surface area contributed by atoms with Crippen LogP contribution in [0.2, 0.25) is 0 Å². The van der Waals surface area contributed by atoms with E-state index in [2.05, 4.69) is 5.32 Å². The van der Waals surface area contributed by atoms with Gasteiger partial charge in [-0.3, -0.25) is 4.79 Å². The average Bonchev–Trinajstić information content (AvgIpc) is 2.95. The van der Waals surface area contributed by atoms with Crippen molar-refractivity contribution < 1.29 is 18.7 Å². The SMILES string of the molecule is COc1cccc2sc3c(NC(N)=O)c(C(N)=O)oc3c12. The van der Waals surface area contributed by atoms with E-state index in [0.29, 0.717) is 16.0 Å². The first-order valence-corrected chi connectivity index (χ1v) is 6.72. The molecule has 108 valence electrons. The molecule has 3 rings (SSSR count). The molecular formula is C13H11N3O4S. The predicted octanol–water partition coefficient (Wildman–Crippen LogP) is 2.25. The Morgan fingerprint density at radius 3 is 2.71 bits per heavy atom. The molecule has 0 aliphatic carbocycles. The molecule has 1 aromatic carbocycles. The first-order valence-electron chi connectivity index (χ1n) is 5.91. The summed E-state index contributed by atoms with van der Waals surface area (Å²) in [7, 11) is 1.54. The number of carbonyl (C=O) groups is 2. The number of rotatable bonds is 3. The molecule has 0 spiro atoms. The van der Waals surface area contributed by atoms with Gasteiger partial charge in [-0.2, -0.15) is 0 Å². The van der Waals surface area contributed by atoms with Gasteiger partial charge in [0.1, 0.15) is 11.4 Å². The number of hydrogen-bond acceptors (Lipinski definition) is 5. The second-order valence-electron chi connectivity index (χ2n) is 4.25. The lowest BCUT2D eigenvalue weighted by Gasteiger charge is -2.00. The molecule has 0 saturated heterocycles. The molecule has 0 aliphatic heterocycles. The molecule has 21 heavy (non-hydrogen) atoms. The minimum atomic E-state index is -0.801. The Morgan fingerprint density at radius 1 is 1.33 bits per heavy atom. The number of hydrogen-bond donors (Lipinski definition) is 3. The molecule has 0 radical (unpaired) electrons. The third kappa shape index (κ3) is 1.96. The maximum absolute atomic E-state index is 11.5. The summed E-state index contributed by atoms with van der Waals surface area (Å²) in [5, 5.41) is 3.11. The molecule has 3 amide bonds. The topological polar surface area (TPSA) is 121 Å². The number of carbonyl (C=O) groups excluding carboxylic acids is 2. The summed E-state index contributed by atoms with van der Waals surface area (Å²) < 4.78 is 12.3. The molecule has 0 unspecified atom stereocenters. The minimum absolute atomic E-state index is 0.136. The van der Waals surface area contributed by atoms with Gasteiger partial charge in [-0.15, -0.1) is 11.3 Å². The lowest BCUT2D eigenvalue weighted by Crippen LogP contribution is -2.21. The number of anilines is 1. The molecular weight excluding hydrogens is 294 g/mol. The first-order chi connectivity index (χ1) is 10.0. The molecule has 5 N–H and O–H groups in total. The molecule has 0 atom stereocenters. The molecule has 0 fully saturated rings. The van der Waals surface area contributed by atoms with Gasteiger partial charge in [0.05, 0.1) is 17.2 Å². The Bertz CT molecular complexity index is 880. The molecule has 3 aromatic rings. The quantitative estimate of drug-likeness (QED) is 0.687. The Balaban J connectivity index is 2.40. The number of methoxy groups -OCH3 is 1. The van der Waals surface area contributed by atoms with Crippen LogP contribution in [-0.4, -0.2) is 19.0 Å². The second-order valence-corrected chi connectivity index (χ2v) is 5.31. The predicted molar refractivity (Wildman–Crippen MR) is 79.9 cm³/mol. The molecule has 8 heteroatoms. The highest BCUT2D eigenvalue weighted by Crippen LogP contribution is 2.45. The lowest BCUT2D eigenvalue weighted by atomic mass is 10.2. The number of nitrogens with one attached hydrogen (secondary N) is 1. The van der Waals surface area contributed by atoms with E-state index < -0.39 is 11.9 Å². The van der Waals surface area contributed by atoms with Gasteiger partial charge in [-0.25, -0.2) is 4.79 Å². The van der Waals surface area contributed by atoms with Gasteiger partial charge < -0.3 is 25.9 Å².